The van der Waals surface area contributed by atoms with E-state index in [0.717, 1.165) is 5.39 Å². The second kappa shape index (κ2) is 7.31. The molecule has 3 aromatic rings. The molecule has 0 spiro atoms. The van der Waals surface area contributed by atoms with Gasteiger partial charge >= 0.3 is 6.18 Å². The number of alkyl halides is 3. The molecule has 148 valence electrons. The summed E-state index contributed by atoms with van der Waals surface area (Å²) in [6.07, 6.45) is -2.16. The fraction of sp³-hybridized carbons (Fsp3) is 0.368. The van der Waals surface area contributed by atoms with Crippen molar-refractivity contribution in [3.05, 3.63) is 42.1 Å². The van der Waals surface area contributed by atoms with Crippen molar-refractivity contribution < 1.29 is 22.4 Å². The van der Waals surface area contributed by atoms with Crippen LogP contribution >= 0.6 is 0 Å². The Labute approximate surface area is 158 Å². The number of aromatic nitrogens is 2. The van der Waals surface area contributed by atoms with Crippen molar-refractivity contribution in [2.75, 3.05) is 26.2 Å². The van der Waals surface area contributed by atoms with Gasteiger partial charge in [-0.1, -0.05) is 18.2 Å². The highest BCUT2D eigenvalue weighted by molar-refractivity contribution is 6.00. The molecule has 2 N–H and O–H groups in total. The normalized spacial score (nSPS) is 18.0. The van der Waals surface area contributed by atoms with Crippen LogP contribution in [0.3, 0.4) is 0 Å². The molecule has 1 atom stereocenters. The number of H-pyrrole nitrogens is 1. The lowest BCUT2D eigenvalue weighted by Crippen LogP contribution is -2.34. The number of halogens is 3. The number of likely N-dealkylation sites (tertiary alicyclic amines) is 1. The molecule has 2 aromatic heterocycles. The molecule has 0 aliphatic carbocycles. The van der Waals surface area contributed by atoms with Crippen LogP contribution in [0.1, 0.15) is 16.8 Å². The first-order chi connectivity index (χ1) is 13.4. The lowest BCUT2D eigenvalue weighted by molar-refractivity contribution is -0.143. The van der Waals surface area contributed by atoms with Crippen molar-refractivity contribution >= 4 is 16.9 Å². The lowest BCUT2D eigenvalue weighted by Gasteiger charge is -2.18. The quantitative estimate of drug-likeness (QED) is 0.698. The van der Waals surface area contributed by atoms with Gasteiger partial charge in [0.1, 0.15) is 11.3 Å². The largest absolute Gasteiger partial charge is 0.454 e. The average molecular weight is 392 g/mol. The smallest absolute Gasteiger partial charge is 0.401 e. The number of carbonyl (C=O) groups is 1. The fourth-order valence-electron chi connectivity index (χ4n) is 3.56. The standard InChI is InChI=1S/C19H19F3N4O2/c20-19(21,22)11-26-6-5-12(10-26)8-23-18(27)14-9-24-25-17(14)16-7-13-3-1-2-4-15(13)28-16/h1-4,7,9,12H,5-6,8,10-11H2,(H,23,27)(H,24,25). The molecule has 1 saturated heterocycles. The van der Waals surface area contributed by atoms with E-state index in [1.54, 1.807) is 0 Å². The van der Waals surface area contributed by atoms with Gasteiger partial charge in [0.15, 0.2) is 5.76 Å². The molecule has 1 aromatic carbocycles. The van der Waals surface area contributed by atoms with Gasteiger partial charge in [-0.05, 0) is 31.0 Å². The van der Waals surface area contributed by atoms with Gasteiger partial charge in [0, 0.05) is 18.5 Å². The number of carbonyl (C=O) groups excluding carboxylic acids is 1. The van der Waals surface area contributed by atoms with Crippen molar-refractivity contribution in [1.29, 1.82) is 0 Å². The van der Waals surface area contributed by atoms with Crippen LogP contribution in [0.2, 0.25) is 0 Å². The first-order valence-electron chi connectivity index (χ1n) is 8.99. The van der Waals surface area contributed by atoms with Crippen LogP contribution in [0.15, 0.2) is 40.9 Å². The number of aromatic amines is 1. The summed E-state index contributed by atoms with van der Waals surface area (Å²) in [4.78, 5) is 13.9. The molecule has 9 heteroatoms. The van der Waals surface area contributed by atoms with Crippen LogP contribution in [0, 0.1) is 5.92 Å². The minimum atomic E-state index is -4.20. The van der Waals surface area contributed by atoms with Gasteiger partial charge in [-0.25, -0.2) is 0 Å². The number of hydrogen-bond donors (Lipinski definition) is 2. The van der Waals surface area contributed by atoms with Gasteiger partial charge in [0.2, 0.25) is 0 Å². The number of amides is 1. The highest BCUT2D eigenvalue weighted by atomic mass is 19.4. The second-order valence-electron chi connectivity index (χ2n) is 7.02. The predicted octanol–water partition coefficient (Wildman–Crippen LogP) is 3.44. The Morgan fingerprint density at radius 2 is 2.18 bits per heavy atom. The zero-order valence-electron chi connectivity index (χ0n) is 14.9. The van der Waals surface area contributed by atoms with Crippen molar-refractivity contribution in [3.8, 4) is 11.5 Å². The zero-order valence-corrected chi connectivity index (χ0v) is 14.9. The third-order valence-corrected chi connectivity index (χ3v) is 4.88. The molecule has 0 saturated carbocycles. The first kappa shape index (κ1) is 18.5. The summed E-state index contributed by atoms with van der Waals surface area (Å²) in [7, 11) is 0. The van der Waals surface area contributed by atoms with Crippen LogP contribution in [0.4, 0.5) is 13.2 Å². The minimum absolute atomic E-state index is 0.00662. The zero-order chi connectivity index (χ0) is 19.7. The van der Waals surface area contributed by atoms with E-state index in [9.17, 15) is 18.0 Å². The maximum atomic E-state index is 12.6. The Morgan fingerprint density at radius 3 is 2.96 bits per heavy atom. The topological polar surface area (TPSA) is 74.2 Å². The number of furan rings is 1. The lowest BCUT2D eigenvalue weighted by atomic mass is 10.1. The Kier molecular flexibility index (Phi) is 4.84. The van der Waals surface area contributed by atoms with E-state index in [1.165, 1.54) is 11.1 Å². The molecular weight excluding hydrogens is 373 g/mol. The van der Waals surface area contributed by atoms with Gasteiger partial charge in [-0.3, -0.25) is 14.8 Å². The molecule has 1 amide bonds. The van der Waals surface area contributed by atoms with Gasteiger partial charge < -0.3 is 9.73 Å². The van der Waals surface area contributed by atoms with Crippen molar-refractivity contribution in [2.24, 2.45) is 5.92 Å². The number of benzene rings is 1. The molecule has 3 heterocycles. The van der Waals surface area contributed by atoms with E-state index in [4.69, 9.17) is 4.42 Å². The van der Waals surface area contributed by atoms with Gasteiger partial charge in [0.05, 0.1) is 18.3 Å². The average Bonchev–Trinajstić information content (AvgIpc) is 3.36. The molecule has 0 radical (unpaired) electrons. The van der Waals surface area contributed by atoms with Crippen molar-refractivity contribution in [1.82, 2.24) is 20.4 Å². The number of fused-ring (bicyclic) bond motifs is 1. The summed E-state index contributed by atoms with van der Waals surface area (Å²) in [6, 6.07) is 9.32. The third kappa shape index (κ3) is 4.04. The molecule has 1 aliphatic heterocycles. The second-order valence-corrected chi connectivity index (χ2v) is 7.02. The maximum absolute atomic E-state index is 12.6. The van der Waals surface area contributed by atoms with Crippen LogP contribution in [-0.2, 0) is 0 Å². The molecule has 6 nitrogen and oxygen atoms in total. The van der Waals surface area contributed by atoms with Gasteiger partial charge in [0.25, 0.3) is 5.91 Å². The number of nitrogens with one attached hydrogen (secondary N) is 2. The number of nitrogens with zero attached hydrogens (tertiary/aromatic N) is 2. The Hall–Kier alpha value is -2.81. The van der Waals surface area contributed by atoms with E-state index in [2.05, 4.69) is 15.5 Å². The molecule has 1 unspecified atom stereocenters. The van der Waals surface area contributed by atoms with Crippen LogP contribution in [-0.4, -0.2) is 53.4 Å². The van der Waals surface area contributed by atoms with Crippen LogP contribution in [0.5, 0.6) is 0 Å². The summed E-state index contributed by atoms with van der Waals surface area (Å²) in [5, 5.41) is 10.4. The van der Waals surface area contributed by atoms with Gasteiger partial charge in [-0.15, -0.1) is 0 Å². The van der Waals surface area contributed by atoms with E-state index in [1.807, 2.05) is 30.3 Å². The highest BCUT2D eigenvalue weighted by Crippen LogP contribution is 2.28. The molecule has 4 rings (SSSR count). The van der Waals surface area contributed by atoms with Crippen molar-refractivity contribution in [3.63, 3.8) is 0 Å². The molecule has 28 heavy (non-hydrogen) atoms. The molecular formula is C19H19F3N4O2. The van der Waals surface area contributed by atoms with E-state index in [0.29, 0.717) is 48.7 Å². The third-order valence-electron chi connectivity index (χ3n) is 4.88. The van der Waals surface area contributed by atoms with Crippen molar-refractivity contribution in [2.45, 2.75) is 12.6 Å². The molecule has 1 fully saturated rings. The minimum Gasteiger partial charge on any atom is -0.454 e. The molecule has 0 bridgehead atoms. The summed E-state index contributed by atoms with van der Waals surface area (Å²) in [6.45, 7) is 0.116. The molecule has 1 aliphatic rings. The van der Waals surface area contributed by atoms with Crippen LogP contribution in [0.25, 0.3) is 22.4 Å². The highest BCUT2D eigenvalue weighted by Gasteiger charge is 2.34. The van der Waals surface area contributed by atoms with Gasteiger partial charge in [-0.2, -0.15) is 18.3 Å². The predicted molar refractivity (Wildman–Crippen MR) is 96.7 cm³/mol. The summed E-state index contributed by atoms with van der Waals surface area (Å²) >= 11 is 0. The van der Waals surface area contributed by atoms with Crippen LogP contribution < -0.4 is 5.32 Å². The van der Waals surface area contributed by atoms with E-state index >= 15 is 0 Å². The SMILES string of the molecule is O=C(NCC1CCN(CC(F)(F)F)C1)c1cn[nH]c1-c1cc2ccccc2o1. The maximum Gasteiger partial charge on any atom is 0.401 e. The summed E-state index contributed by atoms with van der Waals surface area (Å²) in [5.74, 6) is 0.160. The Bertz CT molecular complexity index is 946. The number of hydrogen-bond acceptors (Lipinski definition) is 4. The Balaban J connectivity index is 1.39. The van der Waals surface area contributed by atoms with E-state index in [-0.39, 0.29) is 11.8 Å². The summed E-state index contributed by atoms with van der Waals surface area (Å²) < 4.78 is 43.2. The number of para-hydroxylation sites is 1. The monoisotopic (exact) mass is 392 g/mol. The first-order valence-corrected chi connectivity index (χ1v) is 8.99. The summed E-state index contributed by atoms with van der Waals surface area (Å²) in [5.41, 5.74) is 1.51. The van der Waals surface area contributed by atoms with E-state index < -0.39 is 12.7 Å². The Morgan fingerprint density at radius 1 is 1.36 bits per heavy atom. The number of rotatable bonds is 5. The fourth-order valence-corrected chi connectivity index (χ4v) is 3.56.